The molecular formula is C14H16N2O2. The second kappa shape index (κ2) is 5.06. The van der Waals surface area contributed by atoms with Crippen molar-refractivity contribution >= 4 is 11.8 Å². The van der Waals surface area contributed by atoms with E-state index in [0.29, 0.717) is 18.0 Å². The van der Waals surface area contributed by atoms with Crippen LogP contribution >= 0.6 is 0 Å². The molecule has 2 N–H and O–H groups in total. The number of hydrogen-bond acceptors (Lipinski definition) is 3. The van der Waals surface area contributed by atoms with Gasteiger partial charge in [-0.05, 0) is 30.7 Å². The summed E-state index contributed by atoms with van der Waals surface area (Å²) < 4.78 is 5.42. The van der Waals surface area contributed by atoms with E-state index in [2.05, 4.69) is 0 Å². The number of benzene rings is 1. The maximum absolute atomic E-state index is 12.2. The minimum absolute atomic E-state index is 0.104. The number of nitrogens with two attached hydrogens (primary N) is 1. The lowest BCUT2D eigenvalue weighted by Crippen LogP contribution is -2.25. The quantitative estimate of drug-likeness (QED) is 0.901. The van der Waals surface area contributed by atoms with Gasteiger partial charge in [0.05, 0.1) is 0 Å². The summed E-state index contributed by atoms with van der Waals surface area (Å²) >= 11 is 0. The summed E-state index contributed by atoms with van der Waals surface area (Å²) in [5, 5.41) is 0. The van der Waals surface area contributed by atoms with Crippen molar-refractivity contribution in [3.8, 4) is 0 Å². The van der Waals surface area contributed by atoms with Crippen LogP contribution in [0.4, 0.5) is 5.88 Å². The van der Waals surface area contributed by atoms with E-state index in [4.69, 9.17) is 10.2 Å². The third kappa shape index (κ3) is 2.43. The molecular weight excluding hydrogens is 228 g/mol. The summed E-state index contributed by atoms with van der Waals surface area (Å²) in [7, 11) is 1.69. The third-order valence-electron chi connectivity index (χ3n) is 2.80. The number of aryl methyl sites for hydroxylation is 1. The van der Waals surface area contributed by atoms with Crippen LogP contribution in [0.5, 0.6) is 0 Å². The monoisotopic (exact) mass is 244 g/mol. The topological polar surface area (TPSA) is 59.5 Å². The Kier molecular flexibility index (Phi) is 3.48. The molecule has 18 heavy (non-hydrogen) atoms. The van der Waals surface area contributed by atoms with Gasteiger partial charge in [0.25, 0.3) is 5.91 Å². The second-order valence-electron chi connectivity index (χ2n) is 4.15. The number of rotatable bonds is 3. The number of anilines is 1. The van der Waals surface area contributed by atoms with Gasteiger partial charge in [0.2, 0.25) is 5.88 Å². The van der Waals surface area contributed by atoms with E-state index in [0.717, 1.165) is 11.3 Å². The second-order valence-corrected chi connectivity index (χ2v) is 4.15. The number of amides is 1. The maximum Gasteiger partial charge on any atom is 0.260 e. The lowest BCUT2D eigenvalue weighted by Gasteiger charge is -2.14. The van der Waals surface area contributed by atoms with Gasteiger partial charge in [0.15, 0.2) is 0 Å². The van der Waals surface area contributed by atoms with Gasteiger partial charge < -0.3 is 10.2 Å². The molecule has 2 aromatic rings. The first-order chi connectivity index (χ1) is 8.61. The van der Waals surface area contributed by atoms with Gasteiger partial charge >= 0.3 is 0 Å². The van der Waals surface area contributed by atoms with Crippen LogP contribution in [0.15, 0.2) is 40.8 Å². The van der Waals surface area contributed by atoms with Gasteiger partial charge in [0.1, 0.15) is 5.76 Å². The molecule has 1 aromatic carbocycles. The van der Waals surface area contributed by atoms with Crippen molar-refractivity contribution in [2.24, 2.45) is 5.73 Å². The van der Waals surface area contributed by atoms with Gasteiger partial charge in [-0.1, -0.05) is 12.1 Å². The summed E-state index contributed by atoms with van der Waals surface area (Å²) in [6.45, 7) is 2.32. The Bertz CT molecular complexity index is 543. The molecule has 2 rings (SSSR count). The van der Waals surface area contributed by atoms with Crippen LogP contribution in [0.2, 0.25) is 0 Å². The fraction of sp³-hybridized carbons (Fsp3) is 0.214. The first-order valence-electron chi connectivity index (χ1n) is 5.75. The van der Waals surface area contributed by atoms with Crippen LogP contribution in [0.3, 0.4) is 0 Å². The van der Waals surface area contributed by atoms with E-state index < -0.39 is 0 Å². The van der Waals surface area contributed by atoms with E-state index in [-0.39, 0.29) is 5.91 Å². The van der Waals surface area contributed by atoms with Crippen molar-refractivity contribution in [1.82, 2.24) is 0 Å². The molecule has 1 amide bonds. The van der Waals surface area contributed by atoms with Crippen LogP contribution in [-0.4, -0.2) is 13.0 Å². The molecule has 4 heteroatoms. The molecule has 0 saturated carbocycles. The molecule has 0 aliphatic carbocycles. The van der Waals surface area contributed by atoms with Crippen LogP contribution in [-0.2, 0) is 6.54 Å². The van der Waals surface area contributed by atoms with E-state index in [1.807, 2.05) is 25.1 Å². The van der Waals surface area contributed by atoms with Crippen molar-refractivity contribution in [3.05, 3.63) is 53.3 Å². The molecule has 1 heterocycles. The standard InChI is InChI=1S/C14H16N2O2/c1-10-3-8-13(18-10)16(2)14(17)12-6-4-11(9-15)5-7-12/h3-8H,9,15H2,1-2H3. The molecule has 0 radical (unpaired) electrons. The van der Waals surface area contributed by atoms with Crippen LogP contribution in [0.25, 0.3) is 0 Å². The highest BCUT2D eigenvalue weighted by Crippen LogP contribution is 2.18. The molecule has 0 bridgehead atoms. The van der Waals surface area contributed by atoms with Gasteiger partial charge in [-0.25, -0.2) is 0 Å². The SMILES string of the molecule is Cc1ccc(N(C)C(=O)c2ccc(CN)cc2)o1. The van der Waals surface area contributed by atoms with Crippen molar-refractivity contribution in [2.45, 2.75) is 13.5 Å². The van der Waals surface area contributed by atoms with Crippen LogP contribution in [0.1, 0.15) is 21.7 Å². The molecule has 1 aromatic heterocycles. The number of carbonyl (C=O) groups is 1. The fourth-order valence-electron chi connectivity index (χ4n) is 1.68. The highest BCUT2D eigenvalue weighted by Gasteiger charge is 2.15. The zero-order valence-electron chi connectivity index (χ0n) is 10.5. The lowest BCUT2D eigenvalue weighted by atomic mass is 10.1. The molecule has 0 aliphatic heterocycles. The van der Waals surface area contributed by atoms with E-state index in [1.165, 1.54) is 4.90 Å². The zero-order chi connectivity index (χ0) is 13.1. The summed E-state index contributed by atoms with van der Waals surface area (Å²) in [6, 6.07) is 10.9. The number of furan rings is 1. The van der Waals surface area contributed by atoms with Crippen LogP contribution in [0, 0.1) is 6.92 Å². The van der Waals surface area contributed by atoms with E-state index in [1.54, 1.807) is 25.2 Å². The molecule has 0 atom stereocenters. The lowest BCUT2D eigenvalue weighted by molar-refractivity contribution is 0.0989. The minimum Gasteiger partial charge on any atom is -0.445 e. The van der Waals surface area contributed by atoms with Gasteiger partial charge in [-0.15, -0.1) is 0 Å². The predicted octanol–water partition coefficient (Wildman–Crippen LogP) is 2.32. The predicted molar refractivity (Wildman–Crippen MR) is 70.5 cm³/mol. The summed E-state index contributed by atoms with van der Waals surface area (Å²) in [5.41, 5.74) is 7.14. The molecule has 0 aliphatic rings. The van der Waals surface area contributed by atoms with Crippen molar-refractivity contribution in [2.75, 3.05) is 11.9 Å². The Hall–Kier alpha value is -2.07. The highest BCUT2D eigenvalue weighted by atomic mass is 16.4. The Morgan fingerprint density at radius 3 is 2.39 bits per heavy atom. The number of carbonyl (C=O) groups excluding carboxylic acids is 1. The fourth-order valence-corrected chi connectivity index (χ4v) is 1.68. The van der Waals surface area contributed by atoms with E-state index >= 15 is 0 Å². The maximum atomic E-state index is 12.2. The largest absolute Gasteiger partial charge is 0.445 e. The molecule has 0 fully saturated rings. The third-order valence-corrected chi connectivity index (χ3v) is 2.80. The minimum atomic E-state index is -0.104. The van der Waals surface area contributed by atoms with Gasteiger partial charge in [0, 0.05) is 25.2 Å². The Morgan fingerprint density at radius 2 is 1.89 bits per heavy atom. The van der Waals surface area contributed by atoms with Crippen molar-refractivity contribution in [3.63, 3.8) is 0 Å². The molecule has 0 unspecified atom stereocenters. The normalized spacial score (nSPS) is 10.4. The summed E-state index contributed by atoms with van der Waals surface area (Å²) in [5.74, 6) is 1.22. The first-order valence-corrected chi connectivity index (χ1v) is 5.75. The molecule has 4 nitrogen and oxygen atoms in total. The Morgan fingerprint density at radius 1 is 1.22 bits per heavy atom. The molecule has 0 spiro atoms. The van der Waals surface area contributed by atoms with E-state index in [9.17, 15) is 4.79 Å². The summed E-state index contributed by atoms with van der Waals surface area (Å²) in [6.07, 6.45) is 0. The molecule has 0 saturated heterocycles. The zero-order valence-corrected chi connectivity index (χ0v) is 10.5. The highest BCUT2D eigenvalue weighted by molar-refractivity contribution is 6.04. The number of hydrogen-bond donors (Lipinski definition) is 1. The van der Waals surface area contributed by atoms with Crippen molar-refractivity contribution in [1.29, 1.82) is 0 Å². The van der Waals surface area contributed by atoms with Gasteiger partial charge in [-0.3, -0.25) is 9.69 Å². The van der Waals surface area contributed by atoms with Gasteiger partial charge in [-0.2, -0.15) is 0 Å². The smallest absolute Gasteiger partial charge is 0.260 e. The Labute approximate surface area is 106 Å². The Balaban J connectivity index is 2.19. The molecule has 94 valence electrons. The summed E-state index contributed by atoms with van der Waals surface area (Å²) in [4.78, 5) is 13.7. The van der Waals surface area contributed by atoms with Crippen LogP contribution < -0.4 is 10.6 Å². The average Bonchev–Trinajstić information content (AvgIpc) is 2.84. The average molecular weight is 244 g/mol. The van der Waals surface area contributed by atoms with Crippen molar-refractivity contribution < 1.29 is 9.21 Å². The number of nitrogens with zero attached hydrogens (tertiary/aromatic N) is 1. The first kappa shape index (κ1) is 12.4.